The van der Waals surface area contributed by atoms with Crippen molar-refractivity contribution >= 4 is 23.1 Å². The standard InChI is InChI=1S/C9H5ClF3NO3/c10-4-8(15)5-1-2-6(9(11,12)13)7(3-5)14(16)17/h1-3H,4H2. The van der Waals surface area contributed by atoms with Crippen molar-refractivity contribution in [3.8, 4) is 0 Å². The van der Waals surface area contributed by atoms with Gasteiger partial charge in [0.2, 0.25) is 0 Å². The van der Waals surface area contributed by atoms with Crippen molar-refractivity contribution in [1.82, 2.24) is 0 Å². The molecule has 0 aromatic heterocycles. The first kappa shape index (κ1) is 13.4. The van der Waals surface area contributed by atoms with E-state index < -0.39 is 34.0 Å². The maximum absolute atomic E-state index is 12.4. The number of nitrogens with zero attached hydrogens (tertiary/aromatic N) is 1. The van der Waals surface area contributed by atoms with Crippen molar-refractivity contribution in [3.63, 3.8) is 0 Å². The molecule has 17 heavy (non-hydrogen) atoms. The number of alkyl halides is 4. The summed E-state index contributed by atoms with van der Waals surface area (Å²) in [4.78, 5) is 20.4. The highest BCUT2D eigenvalue weighted by molar-refractivity contribution is 6.30. The molecule has 0 bridgehead atoms. The zero-order valence-corrected chi connectivity index (χ0v) is 8.88. The highest BCUT2D eigenvalue weighted by Crippen LogP contribution is 2.36. The van der Waals surface area contributed by atoms with Crippen LogP contribution < -0.4 is 0 Å². The maximum atomic E-state index is 12.4. The second-order valence-corrected chi connectivity index (χ2v) is 3.31. The van der Waals surface area contributed by atoms with E-state index in [1.54, 1.807) is 0 Å². The van der Waals surface area contributed by atoms with Gasteiger partial charge in [-0.3, -0.25) is 14.9 Å². The number of benzene rings is 1. The van der Waals surface area contributed by atoms with Crippen molar-refractivity contribution in [2.75, 3.05) is 5.88 Å². The molecule has 0 heterocycles. The molecular weight excluding hydrogens is 263 g/mol. The van der Waals surface area contributed by atoms with Gasteiger partial charge in [0, 0.05) is 11.6 Å². The minimum atomic E-state index is -4.84. The fraction of sp³-hybridized carbons (Fsp3) is 0.222. The first-order valence-corrected chi connectivity index (χ1v) is 4.75. The minimum absolute atomic E-state index is 0.222. The lowest BCUT2D eigenvalue weighted by Gasteiger charge is -2.08. The van der Waals surface area contributed by atoms with E-state index in [4.69, 9.17) is 11.6 Å². The van der Waals surface area contributed by atoms with Crippen molar-refractivity contribution in [3.05, 3.63) is 39.4 Å². The van der Waals surface area contributed by atoms with Crippen LogP contribution in [0.5, 0.6) is 0 Å². The van der Waals surface area contributed by atoms with Crippen LogP contribution in [0, 0.1) is 10.1 Å². The van der Waals surface area contributed by atoms with Crippen LogP contribution in [0.1, 0.15) is 15.9 Å². The summed E-state index contributed by atoms with van der Waals surface area (Å²) >= 11 is 5.21. The van der Waals surface area contributed by atoms with Gasteiger partial charge < -0.3 is 0 Å². The third-order valence-electron chi connectivity index (χ3n) is 1.94. The van der Waals surface area contributed by atoms with Gasteiger partial charge in [-0.15, -0.1) is 11.6 Å². The lowest BCUT2D eigenvalue weighted by atomic mass is 10.1. The van der Waals surface area contributed by atoms with Gasteiger partial charge in [-0.05, 0) is 6.07 Å². The zero-order valence-electron chi connectivity index (χ0n) is 8.12. The summed E-state index contributed by atoms with van der Waals surface area (Å²) in [5.41, 5.74) is -2.78. The molecule has 0 saturated carbocycles. The van der Waals surface area contributed by atoms with E-state index >= 15 is 0 Å². The lowest BCUT2D eigenvalue weighted by Crippen LogP contribution is -2.10. The normalized spacial score (nSPS) is 11.3. The van der Waals surface area contributed by atoms with Gasteiger partial charge in [-0.1, -0.05) is 6.07 Å². The molecule has 1 rings (SSSR count). The number of nitro benzene ring substituents is 1. The van der Waals surface area contributed by atoms with Crippen LogP contribution in [0.2, 0.25) is 0 Å². The molecule has 0 amide bonds. The Bertz CT molecular complexity index is 473. The summed E-state index contributed by atoms with van der Waals surface area (Å²) in [5.74, 6) is -1.13. The molecule has 0 saturated heterocycles. The fourth-order valence-electron chi connectivity index (χ4n) is 1.17. The number of rotatable bonds is 3. The maximum Gasteiger partial charge on any atom is 0.422 e. The van der Waals surface area contributed by atoms with E-state index in [9.17, 15) is 28.1 Å². The molecule has 0 unspecified atom stereocenters. The molecular formula is C9H5ClF3NO3. The Morgan fingerprint density at radius 3 is 2.41 bits per heavy atom. The molecule has 0 aliphatic rings. The second-order valence-electron chi connectivity index (χ2n) is 3.04. The molecule has 0 radical (unpaired) electrons. The number of ketones is 1. The molecule has 0 aliphatic carbocycles. The Kier molecular flexibility index (Phi) is 3.72. The largest absolute Gasteiger partial charge is 0.422 e. The quantitative estimate of drug-likeness (QED) is 0.366. The number of carbonyl (C=O) groups is 1. The van der Waals surface area contributed by atoms with Gasteiger partial charge in [-0.25, -0.2) is 0 Å². The van der Waals surface area contributed by atoms with Gasteiger partial charge in [-0.2, -0.15) is 13.2 Å². The van der Waals surface area contributed by atoms with Crippen LogP contribution in [0.25, 0.3) is 0 Å². The molecule has 0 spiro atoms. The summed E-state index contributed by atoms with van der Waals surface area (Å²) in [7, 11) is 0. The van der Waals surface area contributed by atoms with Crippen LogP contribution in [0.15, 0.2) is 18.2 Å². The van der Waals surface area contributed by atoms with Crippen LogP contribution in [0.4, 0.5) is 18.9 Å². The van der Waals surface area contributed by atoms with Crippen molar-refractivity contribution in [1.29, 1.82) is 0 Å². The smallest absolute Gasteiger partial charge is 0.293 e. The van der Waals surface area contributed by atoms with E-state index in [-0.39, 0.29) is 5.56 Å². The van der Waals surface area contributed by atoms with Crippen molar-refractivity contribution in [2.45, 2.75) is 6.18 Å². The third-order valence-corrected chi connectivity index (χ3v) is 2.19. The molecule has 0 N–H and O–H groups in total. The van der Waals surface area contributed by atoms with Crippen LogP contribution in [-0.4, -0.2) is 16.6 Å². The van der Waals surface area contributed by atoms with E-state index in [1.165, 1.54) is 0 Å². The van der Waals surface area contributed by atoms with E-state index in [2.05, 4.69) is 0 Å². The number of Topliss-reactive ketones (excluding diaryl/α,β-unsaturated/α-hetero) is 1. The predicted octanol–water partition coefficient (Wildman–Crippen LogP) is 3.04. The molecule has 0 fully saturated rings. The number of halogens is 4. The van der Waals surface area contributed by atoms with Crippen molar-refractivity contribution in [2.24, 2.45) is 0 Å². The van der Waals surface area contributed by atoms with Gasteiger partial charge in [0.05, 0.1) is 10.8 Å². The molecule has 0 aliphatic heterocycles. The summed E-state index contributed by atoms with van der Waals surface area (Å²) in [6.07, 6.45) is -4.84. The Balaban J connectivity index is 3.37. The Morgan fingerprint density at radius 1 is 1.41 bits per heavy atom. The first-order valence-electron chi connectivity index (χ1n) is 4.22. The average Bonchev–Trinajstić information content (AvgIpc) is 2.25. The van der Waals surface area contributed by atoms with E-state index in [0.717, 1.165) is 6.07 Å². The molecule has 0 atom stereocenters. The zero-order chi connectivity index (χ0) is 13.2. The van der Waals surface area contributed by atoms with Crippen LogP contribution in [-0.2, 0) is 6.18 Å². The summed E-state index contributed by atoms with van der Waals surface area (Å²) in [6, 6.07) is 1.94. The molecule has 4 nitrogen and oxygen atoms in total. The van der Waals surface area contributed by atoms with E-state index in [1.807, 2.05) is 0 Å². The molecule has 1 aromatic rings. The monoisotopic (exact) mass is 267 g/mol. The minimum Gasteiger partial charge on any atom is -0.293 e. The Hall–Kier alpha value is -1.63. The topological polar surface area (TPSA) is 60.2 Å². The van der Waals surface area contributed by atoms with Crippen LogP contribution >= 0.6 is 11.6 Å². The lowest BCUT2D eigenvalue weighted by molar-refractivity contribution is -0.388. The molecule has 1 aromatic carbocycles. The van der Waals surface area contributed by atoms with E-state index in [0.29, 0.717) is 12.1 Å². The van der Waals surface area contributed by atoms with Gasteiger partial charge in [0.1, 0.15) is 5.56 Å². The Morgan fingerprint density at radius 2 is 2.00 bits per heavy atom. The van der Waals surface area contributed by atoms with Gasteiger partial charge in [0.25, 0.3) is 5.69 Å². The molecule has 92 valence electrons. The number of nitro groups is 1. The Labute approximate surface area is 98.1 Å². The number of carbonyl (C=O) groups excluding carboxylic acids is 1. The summed E-state index contributed by atoms with van der Waals surface area (Å²) < 4.78 is 37.2. The first-order chi connectivity index (χ1) is 7.77. The highest BCUT2D eigenvalue weighted by Gasteiger charge is 2.38. The summed E-state index contributed by atoms with van der Waals surface area (Å²) in [5, 5.41) is 10.5. The van der Waals surface area contributed by atoms with Crippen molar-refractivity contribution < 1.29 is 22.9 Å². The molecule has 8 heteroatoms. The van der Waals surface area contributed by atoms with Crippen LogP contribution in [0.3, 0.4) is 0 Å². The SMILES string of the molecule is O=C(CCl)c1ccc(C(F)(F)F)c([N+](=O)[O-])c1. The van der Waals surface area contributed by atoms with Gasteiger partial charge >= 0.3 is 6.18 Å². The highest BCUT2D eigenvalue weighted by atomic mass is 35.5. The third kappa shape index (κ3) is 2.94. The van der Waals surface area contributed by atoms with Gasteiger partial charge in [0.15, 0.2) is 5.78 Å². The average molecular weight is 268 g/mol. The fourth-order valence-corrected chi connectivity index (χ4v) is 1.33. The number of hydrogen-bond acceptors (Lipinski definition) is 3. The number of hydrogen-bond donors (Lipinski definition) is 0. The second kappa shape index (κ2) is 4.70. The predicted molar refractivity (Wildman–Crippen MR) is 53.1 cm³/mol. The summed E-state index contributed by atoms with van der Waals surface area (Å²) in [6.45, 7) is 0.